The number of hydrogen-bond acceptors (Lipinski definition) is 3. The number of ether oxygens (including phenoxy) is 2. The zero-order chi connectivity index (χ0) is 8.27. The molecule has 0 atom stereocenters. The monoisotopic (exact) mass is 153 g/mol. The van der Waals surface area contributed by atoms with Crippen LogP contribution in [0.15, 0.2) is 12.1 Å². The molecule has 0 fully saturated rings. The van der Waals surface area contributed by atoms with Gasteiger partial charge in [0.2, 0.25) is 5.75 Å². The van der Waals surface area contributed by atoms with E-state index in [1.54, 1.807) is 12.1 Å². The van der Waals surface area contributed by atoms with E-state index in [2.05, 4.69) is 6.07 Å². The molecular formula is C8H9O3. The third-order valence-electron chi connectivity index (χ3n) is 1.32. The van der Waals surface area contributed by atoms with E-state index in [0.717, 1.165) is 0 Å². The first kappa shape index (κ1) is 7.72. The van der Waals surface area contributed by atoms with Crippen molar-refractivity contribution in [3.63, 3.8) is 0 Å². The molecule has 1 rings (SSSR count). The highest BCUT2D eigenvalue weighted by Crippen LogP contribution is 2.34. The lowest BCUT2D eigenvalue weighted by molar-refractivity contribution is 0.339. The van der Waals surface area contributed by atoms with E-state index in [1.165, 1.54) is 14.2 Å². The van der Waals surface area contributed by atoms with Gasteiger partial charge in [-0.15, -0.1) is 0 Å². The van der Waals surface area contributed by atoms with Gasteiger partial charge in [-0.25, -0.2) is 0 Å². The van der Waals surface area contributed by atoms with Crippen molar-refractivity contribution in [2.24, 2.45) is 0 Å². The smallest absolute Gasteiger partial charge is 0.201 e. The summed E-state index contributed by atoms with van der Waals surface area (Å²) in [7, 11) is 2.94. The molecular weight excluding hydrogens is 144 g/mol. The lowest BCUT2D eigenvalue weighted by Gasteiger charge is -2.05. The minimum atomic E-state index is -0.0162. The Morgan fingerprint density at radius 3 is 2.64 bits per heavy atom. The van der Waals surface area contributed by atoms with Crippen LogP contribution in [0.5, 0.6) is 17.2 Å². The minimum absolute atomic E-state index is 0.0162. The fourth-order valence-electron chi connectivity index (χ4n) is 0.773. The maximum Gasteiger partial charge on any atom is 0.201 e. The van der Waals surface area contributed by atoms with Crippen LogP contribution in [0, 0.1) is 6.07 Å². The van der Waals surface area contributed by atoms with Gasteiger partial charge in [0.15, 0.2) is 11.5 Å². The third-order valence-corrected chi connectivity index (χ3v) is 1.32. The highest BCUT2D eigenvalue weighted by Gasteiger charge is 2.06. The summed E-state index contributed by atoms with van der Waals surface area (Å²) in [4.78, 5) is 0. The van der Waals surface area contributed by atoms with Gasteiger partial charge in [-0.2, -0.15) is 0 Å². The van der Waals surface area contributed by atoms with Gasteiger partial charge in [0, 0.05) is 6.07 Å². The fourth-order valence-corrected chi connectivity index (χ4v) is 0.773. The Kier molecular flexibility index (Phi) is 2.21. The number of phenolic OH excluding ortho intramolecular Hbond substituents is 1. The van der Waals surface area contributed by atoms with Gasteiger partial charge in [0.1, 0.15) is 0 Å². The maximum absolute atomic E-state index is 9.31. The van der Waals surface area contributed by atoms with Gasteiger partial charge >= 0.3 is 0 Å². The van der Waals surface area contributed by atoms with Gasteiger partial charge in [0.25, 0.3) is 0 Å². The molecule has 0 saturated heterocycles. The van der Waals surface area contributed by atoms with Crippen molar-refractivity contribution >= 4 is 0 Å². The standard InChI is InChI=1S/C8H9O3/c1-10-6-4-3-5-7(11-2)8(6)9/h3-4,9H,1-2H3. The summed E-state index contributed by atoms with van der Waals surface area (Å²) in [6.45, 7) is 0. The van der Waals surface area contributed by atoms with Gasteiger partial charge in [-0.05, 0) is 12.1 Å². The summed E-state index contributed by atoms with van der Waals surface area (Å²) in [6, 6.07) is 5.94. The van der Waals surface area contributed by atoms with Crippen LogP contribution in [0.2, 0.25) is 0 Å². The molecule has 0 heterocycles. The first-order chi connectivity index (χ1) is 5.29. The molecule has 3 nitrogen and oxygen atoms in total. The Bertz CT molecular complexity index is 223. The average molecular weight is 153 g/mol. The Hall–Kier alpha value is -1.38. The molecule has 11 heavy (non-hydrogen) atoms. The van der Waals surface area contributed by atoms with Crippen molar-refractivity contribution in [1.82, 2.24) is 0 Å². The van der Waals surface area contributed by atoms with Gasteiger partial charge in [0.05, 0.1) is 14.2 Å². The summed E-state index contributed by atoms with van der Waals surface area (Å²) in [5.74, 6) is 0.669. The molecule has 0 aliphatic rings. The molecule has 0 spiro atoms. The molecule has 0 unspecified atom stereocenters. The van der Waals surface area contributed by atoms with Crippen LogP contribution in [-0.2, 0) is 0 Å². The maximum atomic E-state index is 9.31. The molecule has 1 radical (unpaired) electrons. The van der Waals surface area contributed by atoms with E-state index in [9.17, 15) is 5.11 Å². The molecule has 1 aromatic rings. The first-order valence-corrected chi connectivity index (χ1v) is 3.11. The van der Waals surface area contributed by atoms with Gasteiger partial charge in [-0.3, -0.25) is 0 Å². The molecule has 0 aromatic heterocycles. The second-order valence-electron chi connectivity index (χ2n) is 1.93. The molecule has 0 aliphatic heterocycles. The molecule has 0 aliphatic carbocycles. The molecule has 0 saturated carbocycles. The minimum Gasteiger partial charge on any atom is -0.502 e. The second-order valence-corrected chi connectivity index (χ2v) is 1.93. The zero-order valence-corrected chi connectivity index (χ0v) is 6.42. The molecule has 0 bridgehead atoms. The molecule has 3 heteroatoms. The normalized spacial score (nSPS) is 9.27. The van der Waals surface area contributed by atoms with Crippen LogP contribution in [0.1, 0.15) is 0 Å². The summed E-state index contributed by atoms with van der Waals surface area (Å²) < 4.78 is 9.64. The van der Waals surface area contributed by atoms with E-state index in [-0.39, 0.29) is 5.75 Å². The van der Waals surface area contributed by atoms with E-state index in [4.69, 9.17) is 9.47 Å². The lowest BCUT2D eigenvalue weighted by Crippen LogP contribution is -1.87. The number of phenols is 1. The summed E-state index contributed by atoms with van der Waals surface area (Å²) in [6.07, 6.45) is 0. The Labute approximate surface area is 65.2 Å². The summed E-state index contributed by atoms with van der Waals surface area (Å²) in [5, 5.41) is 9.31. The number of hydrogen-bond donors (Lipinski definition) is 1. The largest absolute Gasteiger partial charge is 0.502 e. The van der Waals surface area contributed by atoms with Crippen LogP contribution >= 0.6 is 0 Å². The van der Waals surface area contributed by atoms with Gasteiger partial charge < -0.3 is 14.6 Å². The van der Waals surface area contributed by atoms with Crippen LogP contribution in [0.4, 0.5) is 0 Å². The molecule has 59 valence electrons. The molecule has 1 N–H and O–H groups in total. The van der Waals surface area contributed by atoms with Crippen LogP contribution in [0.3, 0.4) is 0 Å². The quantitative estimate of drug-likeness (QED) is 0.694. The van der Waals surface area contributed by atoms with Crippen LogP contribution in [0.25, 0.3) is 0 Å². The van der Waals surface area contributed by atoms with Crippen molar-refractivity contribution in [3.8, 4) is 17.2 Å². The zero-order valence-electron chi connectivity index (χ0n) is 6.42. The lowest BCUT2D eigenvalue weighted by atomic mass is 10.3. The van der Waals surface area contributed by atoms with E-state index in [1.807, 2.05) is 0 Å². The number of rotatable bonds is 2. The summed E-state index contributed by atoms with van der Waals surface area (Å²) >= 11 is 0. The SMILES string of the molecule is COc1[c]ccc(OC)c1O. The predicted molar refractivity (Wildman–Crippen MR) is 40.0 cm³/mol. The average Bonchev–Trinajstić information content (AvgIpc) is 2.05. The second kappa shape index (κ2) is 3.14. The highest BCUT2D eigenvalue weighted by molar-refractivity contribution is 5.48. The third kappa shape index (κ3) is 1.37. The van der Waals surface area contributed by atoms with Crippen LogP contribution < -0.4 is 9.47 Å². The molecule has 0 amide bonds. The predicted octanol–water partition coefficient (Wildman–Crippen LogP) is 1.21. The topological polar surface area (TPSA) is 38.7 Å². The summed E-state index contributed by atoms with van der Waals surface area (Å²) in [5.41, 5.74) is 0. The van der Waals surface area contributed by atoms with Crippen molar-refractivity contribution < 1.29 is 14.6 Å². The van der Waals surface area contributed by atoms with Crippen molar-refractivity contribution in [1.29, 1.82) is 0 Å². The fraction of sp³-hybridized carbons (Fsp3) is 0.250. The van der Waals surface area contributed by atoms with Crippen molar-refractivity contribution in [2.75, 3.05) is 14.2 Å². The van der Waals surface area contributed by atoms with Gasteiger partial charge in [-0.1, -0.05) is 0 Å². The van der Waals surface area contributed by atoms with E-state index >= 15 is 0 Å². The Balaban J connectivity index is 3.10. The number of benzene rings is 1. The Morgan fingerprint density at radius 2 is 2.09 bits per heavy atom. The van der Waals surface area contributed by atoms with E-state index in [0.29, 0.717) is 11.5 Å². The highest BCUT2D eigenvalue weighted by atomic mass is 16.5. The first-order valence-electron chi connectivity index (χ1n) is 3.11. The molecule has 1 aromatic carbocycles. The Morgan fingerprint density at radius 1 is 1.36 bits per heavy atom. The van der Waals surface area contributed by atoms with Crippen molar-refractivity contribution in [2.45, 2.75) is 0 Å². The van der Waals surface area contributed by atoms with Crippen LogP contribution in [-0.4, -0.2) is 19.3 Å². The number of aromatic hydroxyl groups is 1. The van der Waals surface area contributed by atoms with Crippen molar-refractivity contribution in [3.05, 3.63) is 18.2 Å². The van der Waals surface area contributed by atoms with E-state index < -0.39 is 0 Å². The number of methoxy groups -OCH3 is 2.